The maximum atomic E-state index is 9.78. The predicted octanol–water partition coefficient (Wildman–Crippen LogP) is 3.06. The van der Waals surface area contributed by atoms with Crippen molar-refractivity contribution in [1.82, 2.24) is 5.32 Å². The molecule has 0 aliphatic rings. The lowest BCUT2D eigenvalue weighted by Crippen LogP contribution is -2.35. The number of aryl methyl sites for hydroxylation is 1. The largest absolute Gasteiger partial charge is 0.491 e. The quantitative estimate of drug-likeness (QED) is 0.285. The lowest BCUT2D eigenvalue weighted by Gasteiger charge is -2.15. The third-order valence-electron chi connectivity index (χ3n) is 3.16. The van der Waals surface area contributed by atoms with Crippen molar-refractivity contribution >= 4 is 0 Å². The Labute approximate surface area is 132 Å². The highest BCUT2D eigenvalue weighted by Gasteiger charge is 2.06. The second-order valence-electron chi connectivity index (χ2n) is 5.58. The van der Waals surface area contributed by atoms with Gasteiger partial charge >= 0.3 is 0 Å². The second-order valence-corrected chi connectivity index (χ2v) is 5.58. The number of unbranched alkanes of at least 4 members (excludes halogenated alkanes) is 1. The minimum atomic E-state index is -0.511. The molecule has 6 nitrogen and oxygen atoms in total. The molecule has 1 aromatic carbocycles. The fraction of sp³-hybridized carbons (Fsp3) is 0.625. The first-order valence-electron chi connectivity index (χ1n) is 7.76. The van der Waals surface area contributed by atoms with Crippen LogP contribution in [0.25, 0.3) is 10.4 Å². The van der Waals surface area contributed by atoms with Gasteiger partial charge in [-0.1, -0.05) is 31.1 Å². The summed E-state index contributed by atoms with van der Waals surface area (Å²) in [5.41, 5.74) is 9.42. The van der Waals surface area contributed by atoms with E-state index >= 15 is 0 Å². The minimum Gasteiger partial charge on any atom is -0.491 e. The lowest BCUT2D eigenvalue weighted by atomic mass is 10.1. The Bertz CT molecular complexity index is 456. The van der Waals surface area contributed by atoms with Gasteiger partial charge in [0.15, 0.2) is 0 Å². The molecule has 0 aliphatic carbocycles. The second kappa shape index (κ2) is 10.9. The maximum absolute atomic E-state index is 9.78. The van der Waals surface area contributed by atoms with E-state index in [1.807, 2.05) is 38.1 Å². The van der Waals surface area contributed by atoms with E-state index in [1.165, 1.54) is 5.56 Å². The van der Waals surface area contributed by atoms with Gasteiger partial charge in [-0.25, -0.2) is 0 Å². The zero-order valence-electron chi connectivity index (χ0n) is 13.4. The van der Waals surface area contributed by atoms with Crippen LogP contribution in [-0.4, -0.2) is 36.9 Å². The van der Waals surface area contributed by atoms with Gasteiger partial charge < -0.3 is 15.2 Å². The Morgan fingerprint density at radius 1 is 1.27 bits per heavy atom. The molecule has 1 atom stereocenters. The highest BCUT2D eigenvalue weighted by atomic mass is 16.5. The number of benzene rings is 1. The fourth-order valence-electron chi connectivity index (χ4n) is 1.93. The standard InChI is InChI=1S/C16H26N4O2/c1-13(2)18-11-15(21)12-22-16-8-6-14(7-9-16)5-3-4-10-19-20-17/h6-9,13,15,18,21H,3-5,10-12H2,1-2H3/t15-/m0/s1. The summed E-state index contributed by atoms with van der Waals surface area (Å²) >= 11 is 0. The van der Waals surface area contributed by atoms with Crippen LogP contribution < -0.4 is 10.1 Å². The summed E-state index contributed by atoms with van der Waals surface area (Å²) in [6.07, 6.45) is 2.35. The molecule has 0 amide bonds. The van der Waals surface area contributed by atoms with E-state index < -0.39 is 6.10 Å². The van der Waals surface area contributed by atoms with Gasteiger partial charge in [0.1, 0.15) is 18.5 Å². The van der Waals surface area contributed by atoms with Crippen molar-refractivity contribution in [3.8, 4) is 5.75 Å². The van der Waals surface area contributed by atoms with Gasteiger partial charge in [-0.05, 0) is 42.5 Å². The molecule has 0 fully saturated rings. The van der Waals surface area contributed by atoms with Crippen molar-refractivity contribution in [1.29, 1.82) is 0 Å². The highest BCUT2D eigenvalue weighted by Crippen LogP contribution is 2.14. The number of azide groups is 1. The van der Waals surface area contributed by atoms with E-state index in [4.69, 9.17) is 10.3 Å². The molecule has 0 aromatic heterocycles. The van der Waals surface area contributed by atoms with Crippen molar-refractivity contribution in [2.75, 3.05) is 19.7 Å². The van der Waals surface area contributed by atoms with E-state index in [2.05, 4.69) is 15.3 Å². The Balaban J connectivity index is 2.25. The third-order valence-corrected chi connectivity index (χ3v) is 3.16. The Morgan fingerprint density at radius 2 is 2.00 bits per heavy atom. The molecule has 0 saturated carbocycles. The third kappa shape index (κ3) is 8.52. The Kier molecular flexibility index (Phi) is 9.07. The topological polar surface area (TPSA) is 90.2 Å². The summed E-state index contributed by atoms with van der Waals surface area (Å²) in [7, 11) is 0. The molecule has 122 valence electrons. The number of nitrogens with one attached hydrogen (secondary N) is 1. The van der Waals surface area contributed by atoms with Crippen LogP contribution in [0.1, 0.15) is 32.3 Å². The van der Waals surface area contributed by atoms with E-state index in [0.29, 0.717) is 19.1 Å². The van der Waals surface area contributed by atoms with Gasteiger partial charge in [0, 0.05) is 24.0 Å². The van der Waals surface area contributed by atoms with Crippen molar-refractivity contribution in [2.45, 2.75) is 45.3 Å². The van der Waals surface area contributed by atoms with Gasteiger partial charge in [0.25, 0.3) is 0 Å². The fourth-order valence-corrected chi connectivity index (χ4v) is 1.93. The van der Waals surface area contributed by atoms with Crippen LogP contribution in [-0.2, 0) is 6.42 Å². The maximum Gasteiger partial charge on any atom is 0.119 e. The van der Waals surface area contributed by atoms with Crippen molar-refractivity contribution < 1.29 is 9.84 Å². The minimum absolute atomic E-state index is 0.283. The summed E-state index contributed by atoms with van der Waals surface area (Å²) in [4.78, 5) is 2.73. The van der Waals surface area contributed by atoms with Crippen molar-refractivity contribution in [3.05, 3.63) is 40.3 Å². The Hall–Kier alpha value is -1.75. The molecule has 1 rings (SSSR count). The van der Waals surface area contributed by atoms with Gasteiger partial charge in [-0.2, -0.15) is 0 Å². The summed E-state index contributed by atoms with van der Waals surface area (Å²) in [6, 6.07) is 8.26. The molecule has 0 aliphatic heterocycles. The highest BCUT2D eigenvalue weighted by molar-refractivity contribution is 5.27. The van der Waals surface area contributed by atoms with Gasteiger partial charge in [-0.15, -0.1) is 0 Å². The molecule has 0 spiro atoms. The van der Waals surface area contributed by atoms with E-state index in [1.54, 1.807) is 0 Å². The van der Waals surface area contributed by atoms with Crippen LogP contribution in [0, 0.1) is 0 Å². The van der Waals surface area contributed by atoms with E-state index in [0.717, 1.165) is 25.0 Å². The number of aliphatic hydroxyl groups excluding tert-OH is 1. The summed E-state index contributed by atoms with van der Waals surface area (Å²) in [5.74, 6) is 0.765. The van der Waals surface area contributed by atoms with Crippen LogP contribution in [0.15, 0.2) is 29.4 Å². The lowest BCUT2D eigenvalue weighted by molar-refractivity contribution is 0.104. The molecule has 2 N–H and O–H groups in total. The average Bonchev–Trinajstić information content (AvgIpc) is 2.52. The number of ether oxygens (including phenoxy) is 1. The molecule has 0 radical (unpaired) electrons. The predicted molar refractivity (Wildman–Crippen MR) is 88.0 cm³/mol. The molecule has 0 saturated heterocycles. The van der Waals surface area contributed by atoms with Crippen LogP contribution in [0.2, 0.25) is 0 Å². The first kappa shape index (κ1) is 18.3. The normalized spacial score (nSPS) is 12.0. The van der Waals surface area contributed by atoms with Crippen LogP contribution in [0.5, 0.6) is 5.75 Å². The van der Waals surface area contributed by atoms with Crippen LogP contribution in [0.4, 0.5) is 0 Å². The van der Waals surface area contributed by atoms with Gasteiger partial charge in [0.05, 0.1) is 0 Å². The summed E-state index contributed by atoms with van der Waals surface area (Å²) in [6.45, 7) is 5.45. The van der Waals surface area contributed by atoms with Crippen molar-refractivity contribution in [2.24, 2.45) is 5.11 Å². The van der Waals surface area contributed by atoms with Gasteiger partial charge in [0.2, 0.25) is 0 Å². The van der Waals surface area contributed by atoms with Gasteiger partial charge in [-0.3, -0.25) is 0 Å². The molecular weight excluding hydrogens is 280 g/mol. The number of aliphatic hydroxyl groups is 1. The molecule has 0 unspecified atom stereocenters. The first-order valence-corrected chi connectivity index (χ1v) is 7.76. The van der Waals surface area contributed by atoms with E-state index in [9.17, 15) is 5.11 Å². The molecule has 1 aromatic rings. The van der Waals surface area contributed by atoms with Crippen LogP contribution >= 0.6 is 0 Å². The number of nitrogens with zero attached hydrogens (tertiary/aromatic N) is 3. The average molecular weight is 306 g/mol. The van der Waals surface area contributed by atoms with E-state index in [-0.39, 0.29) is 6.61 Å². The molecule has 6 heteroatoms. The number of hydrogen-bond acceptors (Lipinski definition) is 4. The molecule has 22 heavy (non-hydrogen) atoms. The smallest absolute Gasteiger partial charge is 0.119 e. The van der Waals surface area contributed by atoms with Crippen LogP contribution in [0.3, 0.4) is 0 Å². The summed E-state index contributed by atoms with van der Waals surface area (Å²) < 4.78 is 5.57. The Morgan fingerprint density at radius 3 is 2.64 bits per heavy atom. The molecule has 0 bridgehead atoms. The zero-order valence-corrected chi connectivity index (χ0v) is 13.4. The number of rotatable bonds is 11. The van der Waals surface area contributed by atoms with Crippen molar-refractivity contribution in [3.63, 3.8) is 0 Å². The summed E-state index contributed by atoms with van der Waals surface area (Å²) in [5, 5.41) is 16.5. The molecular formula is C16H26N4O2. The molecule has 0 heterocycles. The SMILES string of the molecule is CC(C)NC[C@H](O)COc1ccc(CCCCN=[N+]=[N-])cc1. The zero-order chi connectivity index (χ0) is 16.2. The first-order chi connectivity index (χ1) is 10.6. The monoisotopic (exact) mass is 306 g/mol. The number of hydrogen-bond donors (Lipinski definition) is 2.